The number of halogens is 1. The SMILES string of the molecule is O=C(C=Cc1c[nH]c2cc(Br)ccc12)c1cc2ccccc2[nH]1. The standard InChI is InChI=1S/C19H13BrN2O/c20-14-6-7-15-13(11-21-17(15)10-14)5-8-19(23)18-9-12-3-1-2-4-16(12)22-18/h1-11,21-22H. The smallest absolute Gasteiger partial charge is 0.202 e. The summed E-state index contributed by atoms with van der Waals surface area (Å²) in [5.74, 6) is -0.0346. The van der Waals surface area contributed by atoms with E-state index in [2.05, 4.69) is 25.9 Å². The first-order chi connectivity index (χ1) is 11.2. The Kier molecular flexibility index (Phi) is 3.39. The van der Waals surface area contributed by atoms with E-state index >= 15 is 0 Å². The van der Waals surface area contributed by atoms with Crippen molar-refractivity contribution < 1.29 is 4.79 Å². The Morgan fingerprint density at radius 2 is 1.91 bits per heavy atom. The molecule has 0 unspecified atom stereocenters. The minimum Gasteiger partial charge on any atom is -0.361 e. The van der Waals surface area contributed by atoms with E-state index < -0.39 is 0 Å². The van der Waals surface area contributed by atoms with Crippen molar-refractivity contribution in [1.29, 1.82) is 0 Å². The molecule has 2 aromatic carbocycles. The van der Waals surface area contributed by atoms with Gasteiger partial charge in [-0.05, 0) is 42.0 Å². The number of aromatic nitrogens is 2. The van der Waals surface area contributed by atoms with E-state index in [-0.39, 0.29) is 5.78 Å². The van der Waals surface area contributed by atoms with Crippen LogP contribution in [-0.4, -0.2) is 15.8 Å². The maximum Gasteiger partial charge on any atom is 0.202 e. The number of ketones is 1. The van der Waals surface area contributed by atoms with Gasteiger partial charge in [-0.15, -0.1) is 0 Å². The number of benzene rings is 2. The minimum atomic E-state index is -0.0346. The molecule has 3 nitrogen and oxygen atoms in total. The molecule has 0 bridgehead atoms. The molecule has 0 atom stereocenters. The van der Waals surface area contributed by atoms with Crippen LogP contribution in [0.5, 0.6) is 0 Å². The van der Waals surface area contributed by atoms with Crippen molar-refractivity contribution in [2.45, 2.75) is 0 Å². The van der Waals surface area contributed by atoms with Crippen LogP contribution in [0, 0.1) is 0 Å². The summed E-state index contributed by atoms with van der Waals surface area (Å²) in [5.41, 5.74) is 3.61. The highest BCUT2D eigenvalue weighted by Gasteiger charge is 2.07. The number of rotatable bonds is 3. The summed E-state index contributed by atoms with van der Waals surface area (Å²) in [7, 11) is 0. The van der Waals surface area contributed by atoms with E-state index in [1.807, 2.05) is 60.8 Å². The molecule has 0 aliphatic rings. The van der Waals surface area contributed by atoms with Gasteiger partial charge in [-0.3, -0.25) is 4.79 Å². The van der Waals surface area contributed by atoms with E-state index in [1.54, 1.807) is 6.08 Å². The van der Waals surface area contributed by atoms with Crippen LogP contribution >= 0.6 is 15.9 Å². The lowest BCUT2D eigenvalue weighted by Gasteiger charge is -1.93. The van der Waals surface area contributed by atoms with E-state index in [1.165, 1.54) is 0 Å². The predicted octanol–water partition coefficient (Wildman–Crippen LogP) is 5.31. The van der Waals surface area contributed by atoms with Gasteiger partial charge in [0.2, 0.25) is 5.78 Å². The van der Waals surface area contributed by atoms with Crippen LogP contribution in [-0.2, 0) is 0 Å². The Morgan fingerprint density at radius 1 is 1.04 bits per heavy atom. The summed E-state index contributed by atoms with van der Waals surface area (Å²) in [6.45, 7) is 0. The molecule has 0 spiro atoms. The molecule has 0 amide bonds. The van der Waals surface area contributed by atoms with E-state index in [0.29, 0.717) is 5.69 Å². The number of para-hydroxylation sites is 1. The van der Waals surface area contributed by atoms with Gasteiger partial charge in [0.1, 0.15) is 0 Å². The summed E-state index contributed by atoms with van der Waals surface area (Å²) >= 11 is 3.45. The Hall–Kier alpha value is -2.59. The molecule has 0 fully saturated rings. The highest BCUT2D eigenvalue weighted by molar-refractivity contribution is 9.10. The van der Waals surface area contributed by atoms with Gasteiger partial charge in [0.05, 0.1) is 5.69 Å². The number of aromatic amines is 2. The second-order valence-electron chi connectivity index (χ2n) is 5.40. The molecule has 0 saturated heterocycles. The lowest BCUT2D eigenvalue weighted by atomic mass is 10.1. The Morgan fingerprint density at radius 3 is 2.78 bits per heavy atom. The lowest BCUT2D eigenvalue weighted by Crippen LogP contribution is -1.93. The van der Waals surface area contributed by atoms with Crippen molar-refractivity contribution in [1.82, 2.24) is 9.97 Å². The molecule has 0 saturated carbocycles. The molecule has 4 heteroatoms. The normalized spacial score (nSPS) is 11.7. The number of hydrogen-bond acceptors (Lipinski definition) is 1. The third-order valence-corrected chi connectivity index (χ3v) is 4.38. The summed E-state index contributed by atoms with van der Waals surface area (Å²) in [5, 5.41) is 2.13. The van der Waals surface area contributed by atoms with Gasteiger partial charge in [0.25, 0.3) is 0 Å². The van der Waals surface area contributed by atoms with Gasteiger partial charge in [0.15, 0.2) is 0 Å². The average molecular weight is 365 g/mol. The summed E-state index contributed by atoms with van der Waals surface area (Å²) < 4.78 is 1.02. The molecule has 2 heterocycles. The van der Waals surface area contributed by atoms with Gasteiger partial charge in [-0.25, -0.2) is 0 Å². The largest absolute Gasteiger partial charge is 0.361 e. The first-order valence-electron chi connectivity index (χ1n) is 7.27. The van der Waals surface area contributed by atoms with Gasteiger partial charge < -0.3 is 9.97 Å². The van der Waals surface area contributed by atoms with Crippen LogP contribution < -0.4 is 0 Å². The zero-order valence-electron chi connectivity index (χ0n) is 12.1. The Labute approximate surface area is 141 Å². The van der Waals surface area contributed by atoms with Gasteiger partial charge in [-0.2, -0.15) is 0 Å². The van der Waals surface area contributed by atoms with Crippen LogP contribution in [0.4, 0.5) is 0 Å². The number of nitrogens with one attached hydrogen (secondary N) is 2. The fourth-order valence-electron chi connectivity index (χ4n) is 2.72. The van der Waals surface area contributed by atoms with Gasteiger partial charge in [0, 0.05) is 32.5 Å². The zero-order chi connectivity index (χ0) is 15.8. The van der Waals surface area contributed by atoms with E-state index in [0.717, 1.165) is 31.8 Å². The van der Waals surface area contributed by atoms with Crippen molar-refractivity contribution in [3.05, 3.63) is 76.5 Å². The highest BCUT2D eigenvalue weighted by Crippen LogP contribution is 2.23. The van der Waals surface area contributed by atoms with Crippen molar-refractivity contribution >= 4 is 49.6 Å². The number of H-pyrrole nitrogens is 2. The Bertz CT molecular complexity index is 1020. The average Bonchev–Trinajstić information content (AvgIpc) is 3.16. The van der Waals surface area contributed by atoms with Crippen LogP contribution in [0.25, 0.3) is 27.9 Å². The van der Waals surface area contributed by atoms with Crippen molar-refractivity contribution in [2.75, 3.05) is 0 Å². The topological polar surface area (TPSA) is 48.6 Å². The molecule has 2 aromatic heterocycles. The summed E-state index contributed by atoms with van der Waals surface area (Å²) in [4.78, 5) is 18.7. The monoisotopic (exact) mass is 364 g/mol. The van der Waals surface area contributed by atoms with Crippen LogP contribution in [0.3, 0.4) is 0 Å². The minimum absolute atomic E-state index is 0.0346. The maximum absolute atomic E-state index is 12.4. The van der Waals surface area contributed by atoms with Crippen molar-refractivity contribution in [3.8, 4) is 0 Å². The number of hydrogen-bond donors (Lipinski definition) is 2. The fraction of sp³-hybridized carbons (Fsp3) is 0. The maximum atomic E-state index is 12.4. The molecule has 112 valence electrons. The second kappa shape index (κ2) is 5.56. The molecular formula is C19H13BrN2O. The molecular weight excluding hydrogens is 352 g/mol. The molecule has 4 rings (SSSR count). The second-order valence-corrected chi connectivity index (χ2v) is 6.32. The molecule has 23 heavy (non-hydrogen) atoms. The first-order valence-corrected chi connectivity index (χ1v) is 8.07. The van der Waals surface area contributed by atoms with E-state index in [4.69, 9.17) is 0 Å². The number of carbonyl (C=O) groups is 1. The summed E-state index contributed by atoms with van der Waals surface area (Å²) in [6.07, 6.45) is 5.36. The first kappa shape index (κ1) is 14.0. The quantitative estimate of drug-likeness (QED) is 0.375. The van der Waals surface area contributed by atoms with Crippen molar-refractivity contribution in [3.63, 3.8) is 0 Å². The third-order valence-electron chi connectivity index (χ3n) is 3.89. The molecule has 0 radical (unpaired) electrons. The molecule has 2 N–H and O–H groups in total. The van der Waals surface area contributed by atoms with Gasteiger partial charge >= 0.3 is 0 Å². The molecule has 0 aliphatic heterocycles. The summed E-state index contributed by atoms with van der Waals surface area (Å²) in [6, 6.07) is 15.8. The van der Waals surface area contributed by atoms with Crippen LogP contribution in [0.15, 0.2) is 65.3 Å². The fourth-order valence-corrected chi connectivity index (χ4v) is 3.08. The van der Waals surface area contributed by atoms with E-state index in [9.17, 15) is 4.79 Å². The Balaban J connectivity index is 1.65. The van der Waals surface area contributed by atoms with Gasteiger partial charge in [-0.1, -0.05) is 40.2 Å². The zero-order valence-corrected chi connectivity index (χ0v) is 13.7. The lowest BCUT2D eigenvalue weighted by molar-refractivity contribution is 0.104. The molecule has 4 aromatic rings. The van der Waals surface area contributed by atoms with Crippen LogP contribution in [0.2, 0.25) is 0 Å². The number of carbonyl (C=O) groups excluding carboxylic acids is 1. The third kappa shape index (κ3) is 2.62. The molecule has 0 aliphatic carbocycles. The number of fused-ring (bicyclic) bond motifs is 2. The predicted molar refractivity (Wildman–Crippen MR) is 97.7 cm³/mol. The van der Waals surface area contributed by atoms with Crippen LogP contribution in [0.1, 0.15) is 16.1 Å². The van der Waals surface area contributed by atoms with Crippen molar-refractivity contribution in [2.24, 2.45) is 0 Å². The highest BCUT2D eigenvalue weighted by atomic mass is 79.9. The number of allylic oxidation sites excluding steroid dienone is 1.